The van der Waals surface area contributed by atoms with Crippen LogP contribution in [-0.4, -0.2) is 65.3 Å². The standard InChI is InChI=1S/C19H19N9O2/c1-26(2)8-9-27-16(20-12-21-27)11-29-19-14-6-4-3-5-13(14)17-22-23-18(28(17)24-19)15-7-10-30-25-15/h3-7,10,12H,8-9,11H2,1-2H3. The third-order valence-corrected chi connectivity index (χ3v) is 4.69. The van der Waals surface area contributed by atoms with Gasteiger partial charge in [0.1, 0.15) is 19.2 Å². The van der Waals surface area contributed by atoms with Crippen molar-refractivity contribution >= 4 is 16.4 Å². The minimum absolute atomic E-state index is 0.233. The first-order valence-corrected chi connectivity index (χ1v) is 9.40. The smallest absolute Gasteiger partial charge is 0.240 e. The van der Waals surface area contributed by atoms with Crippen LogP contribution in [0.4, 0.5) is 0 Å². The second-order valence-corrected chi connectivity index (χ2v) is 6.99. The molecule has 0 aliphatic carbocycles. The predicted molar refractivity (Wildman–Crippen MR) is 107 cm³/mol. The minimum Gasteiger partial charge on any atom is -0.468 e. The Hall–Kier alpha value is -3.86. The third kappa shape index (κ3) is 3.24. The highest BCUT2D eigenvalue weighted by molar-refractivity contribution is 5.96. The van der Waals surface area contributed by atoms with E-state index in [1.807, 2.05) is 43.0 Å². The summed E-state index contributed by atoms with van der Waals surface area (Å²) in [5.41, 5.74) is 1.16. The number of rotatable bonds is 7. The second kappa shape index (κ2) is 7.52. The lowest BCUT2D eigenvalue weighted by Crippen LogP contribution is -2.21. The average Bonchev–Trinajstić information content (AvgIpc) is 3.50. The third-order valence-electron chi connectivity index (χ3n) is 4.69. The van der Waals surface area contributed by atoms with Crippen LogP contribution in [0.3, 0.4) is 0 Å². The van der Waals surface area contributed by atoms with Crippen LogP contribution in [0, 0.1) is 0 Å². The van der Waals surface area contributed by atoms with E-state index in [1.165, 1.54) is 12.6 Å². The van der Waals surface area contributed by atoms with Gasteiger partial charge in [0.15, 0.2) is 17.2 Å². The Kier molecular flexibility index (Phi) is 4.56. The van der Waals surface area contributed by atoms with Crippen LogP contribution in [0.25, 0.3) is 27.9 Å². The summed E-state index contributed by atoms with van der Waals surface area (Å²) < 4.78 is 14.5. The van der Waals surface area contributed by atoms with Crippen molar-refractivity contribution in [1.29, 1.82) is 0 Å². The van der Waals surface area contributed by atoms with Gasteiger partial charge in [-0.25, -0.2) is 9.67 Å². The van der Waals surface area contributed by atoms with E-state index in [2.05, 4.69) is 35.4 Å². The first-order valence-electron chi connectivity index (χ1n) is 9.40. The Bertz CT molecular complexity index is 1290. The molecule has 0 aliphatic heterocycles. The number of likely N-dealkylation sites (N-methyl/N-ethyl adjacent to an activating group) is 1. The van der Waals surface area contributed by atoms with E-state index in [0.717, 1.165) is 29.7 Å². The zero-order valence-electron chi connectivity index (χ0n) is 16.5. The molecule has 0 bridgehead atoms. The molecule has 11 heteroatoms. The number of fused-ring (bicyclic) bond motifs is 3. The molecule has 0 radical (unpaired) electrons. The van der Waals surface area contributed by atoms with Crippen molar-refractivity contribution in [1.82, 2.24) is 44.6 Å². The molecule has 0 atom stereocenters. The van der Waals surface area contributed by atoms with Gasteiger partial charge >= 0.3 is 0 Å². The van der Waals surface area contributed by atoms with Crippen LogP contribution in [0.1, 0.15) is 5.82 Å². The van der Waals surface area contributed by atoms with E-state index in [0.29, 0.717) is 23.0 Å². The summed E-state index contributed by atoms with van der Waals surface area (Å²) >= 11 is 0. The summed E-state index contributed by atoms with van der Waals surface area (Å²) in [7, 11) is 4.04. The molecule has 1 aromatic carbocycles. The van der Waals surface area contributed by atoms with Gasteiger partial charge in [0.05, 0.1) is 6.54 Å². The van der Waals surface area contributed by atoms with Crippen molar-refractivity contribution in [2.45, 2.75) is 13.2 Å². The highest BCUT2D eigenvalue weighted by Crippen LogP contribution is 2.28. The van der Waals surface area contributed by atoms with E-state index >= 15 is 0 Å². The van der Waals surface area contributed by atoms with E-state index in [9.17, 15) is 0 Å². The zero-order chi connectivity index (χ0) is 20.5. The van der Waals surface area contributed by atoms with Gasteiger partial charge in [-0.15, -0.1) is 15.3 Å². The van der Waals surface area contributed by atoms with Crippen molar-refractivity contribution in [3.05, 3.63) is 48.7 Å². The number of hydrogen-bond donors (Lipinski definition) is 0. The first-order chi connectivity index (χ1) is 14.7. The van der Waals surface area contributed by atoms with Gasteiger partial charge in [-0.1, -0.05) is 23.4 Å². The molecule has 0 unspecified atom stereocenters. The number of ether oxygens (including phenoxy) is 1. The fraction of sp³-hybridized carbons (Fsp3) is 0.263. The second-order valence-electron chi connectivity index (χ2n) is 6.99. The molecule has 0 amide bonds. The molecule has 0 fully saturated rings. The molecule has 0 aliphatic rings. The molecular weight excluding hydrogens is 386 g/mol. The molecule has 0 saturated heterocycles. The predicted octanol–water partition coefficient (Wildman–Crippen LogP) is 1.66. The fourth-order valence-electron chi connectivity index (χ4n) is 3.16. The van der Waals surface area contributed by atoms with Crippen LogP contribution in [0.15, 0.2) is 47.4 Å². The molecule has 4 aromatic heterocycles. The Balaban J connectivity index is 1.52. The quantitative estimate of drug-likeness (QED) is 0.399. The Morgan fingerprint density at radius 1 is 1.10 bits per heavy atom. The van der Waals surface area contributed by atoms with Gasteiger partial charge in [0.2, 0.25) is 11.7 Å². The summed E-state index contributed by atoms with van der Waals surface area (Å²) in [4.78, 5) is 6.42. The SMILES string of the molecule is CN(C)CCn1ncnc1COc1nn2c(-c3ccon3)nnc2c2ccccc12. The maximum atomic E-state index is 6.09. The molecule has 0 N–H and O–H groups in total. The average molecular weight is 405 g/mol. The normalized spacial score (nSPS) is 11.7. The lowest BCUT2D eigenvalue weighted by atomic mass is 10.2. The Labute approximate surface area is 170 Å². The van der Waals surface area contributed by atoms with Gasteiger partial charge in [-0.3, -0.25) is 0 Å². The summed E-state index contributed by atoms with van der Waals surface area (Å²) in [6.07, 6.45) is 3.01. The van der Waals surface area contributed by atoms with E-state index in [4.69, 9.17) is 9.26 Å². The molecule has 5 rings (SSSR count). The number of benzene rings is 1. The molecule has 30 heavy (non-hydrogen) atoms. The topological polar surface area (TPSA) is 112 Å². The van der Waals surface area contributed by atoms with E-state index < -0.39 is 0 Å². The lowest BCUT2D eigenvalue weighted by molar-refractivity contribution is 0.271. The van der Waals surface area contributed by atoms with Crippen LogP contribution in [0.2, 0.25) is 0 Å². The number of aromatic nitrogens is 8. The van der Waals surface area contributed by atoms with Crippen molar-refractivity contribution in [2.75, 3.05) is 20.6 Å². The van der Waals surface area contributed by atoms with Gasteiger partial charge in [0.25, 0.3) is 0 Å². The highest BCUT2D eigenvalue weighted by Gasteiger charge is 2.18. The summed E-state index contributed by atoms with van der Waals surface area (Å²) in [5.74, 6) is 1.65. The van der Waals surface area contributed by atoms with Crippen LogP contribution in [-0.2, 0) is 13.2 Å². The van der Waals surface area contributed by atoms with Gasteiger partial charge in [-0.2, -0.15) is 9.61 Å². The minimum atomic E-state index is 0.233. The van der Waals surface area contributed by atoms with E-state index in [1.54, 1.807) is 10.6 Å². The molecule has 11 nitrogen and oxygen atoms in total. The molecule has 152 valence electrons. The summed E-state index contributed by atoms with van der Waals surface area (Å²) in [5, 5.41) is 23.1. The summed E-state index contributed by atoms with van der Waals surface area (Å²) in [6.45, 7) is 1.81. The van der Waals surface area contributed by atoms with Crippen molar-refractivity contribution in [3.8, 4) is 17.4 Å². The van der Waals surface area contributed by atoms with Gasteiger partial charge in [0, 0.05) is 23.4 Å². The first kappa shape index (κ1) is 18.2. The van der Waals surface area contributed by atoms with Gasteiger partial charge in [-0.05, 0) is 20.2 Å². The van der Waals surface area contributed by atoms with E-state index in [-0.39, 0.29) is 6.61 Å². The maximum absolute atomic E-state index is 6.09. The molecule has 5 aromatic rings. The Morgan fingerprint density at radius 2 is 1.97 bits per heavy atom. The van der Waals surface area contributed by atoms with Gasteiger partial charge < -0.3 is 14.2 Å². The molecule has 4 heterocycles. The van der Waals surface area contributed by atoms with Crippen LogP contribution >= 0.6 is 0 Å². The van der Waals surface area contributed by atoms with Crippen LogP contribution < -0.4 is 4.74 Å². The lowest BCUT2D eigenvalue weighted by Gasteiger charge is -2.12. The maximum Gasteiger partial charge on any atom is 0.240 e. The van der Waals surface area contributed by atoms with Crippen molar-refractivity contribution in [2.24, 2.45) is 0 Å². The molecule has 0 saturated carbocycles. The van der Waals surface area contributed by atoms with Crippen LogP contribution in [0.5, 0.6) is 5.88 Å². The van der Waals surface area contributed by atoms with Crippen molar-refractivity contribution in [3.63, 3.8) is 0 Å². The molecular formula is C19H19N9O2. The highest BCUT2D eigenvalue weighted by atomic mass is 16.5. The number of hydrogen-bond acceptors (Lipinski definition) is 9. The largest absolute Gasteiger partial charge is 0.468 e. The monoisotopic (exact) mass is 405 g/mol. The fourth-order valence-corrected chi connectivity index (χ4v) is 3.16. The number of nitrogens with zero attached hydrogens (tertiary/aromatic N) is 9. The Morgan fingerprint density at radius 3 is 2.77 bits per heavy atom. The zero-order valence-corrected chi connectivity index (χ0v) is 16.5. The molecule has 0 spiro atoms. The summed E-state index contributed by atoms with van der Waals surface area (Å²) in [6, 6.07) is 9.48. The van der Waals surface area contributed by atoms with Crippen molar-refractivity contribution < 1.29 is 9.26 Å².